The zero-order valence-electron chi connectivity index (χ0n) is 10.4. The highest BCUT2D eigenvalue weighted by Crippen LogP contribution is 2.30. The molecule has 1 rings (SSSR count). The van der Waals surface area contributed by atoms with Crippen molar-refractivity contribution in [2.45, 2.75) is 38.5 Å². The van der Waals surface area contributed by atoms with Crippen molar-refractivity contribution >= 4 is 21.9 Å². The van der Waals surface area contributed by atoms with Gasteiger partial charge in [0.15, 0.2) is 0 Å². The van der Waals surface area contributed by atoms with Gasteiger partial charge in [0.25, 0.3) is 0 Å². The molecule has 0 bridgehead atoms. The molecule has 0 aliphatic heterocycles. The van der Waals surface area contributed by atoms with Crippen molar-refractivity contribution in [1.82, 2.24) is 0 Å². The van der Waals surface area contributed by atoms with E-state index in [1.165, 1.54) is 0 Å². The fraction of sp³-hybridized carbons (Fsp3) is 0.500. The topological polar surface area (TPSA) is 37.3 Å². The average molecular weight is 299 g/mol. The van der Waals surface area contributed by atoms with E-state index in [1.807, 2.05) is 38.1 Å². The van der Waals surface area contributed by atoms with Crippen LogP contribution in [-0.4, -0.2) is 16.4 Å². The second-order valence-electron chi connectivity index (χ2n) is 4.65. The molecule has 0 radical (unpaired) electrons. The van der Waals surface area contributed by atoms with E-state index in [9.17, 15) is 9.90 Å². The van der Waals surface area contributed by atoms with Crippen LogP contribution < -0.4 is 0 Å². The van der Waals surface area contributed by atoms with Gasteiger partial charge in [-0.15, -0.1) is 0 Å². The molecule has 0 saturated heterocycles. The smallest absolute Gasteiger partial charge is 0.313 e. The number of unbranched alkanes of at least 4 members (excludes halogenated alkanes) is 1. The van der Waals surface area contributed by atoms with Crippen molar-refractivity contribution in [3.8, 4) is 0 Å². The predicted octanol–water partition coefficient (Wildman–Crippen LogP) is 3.90. The van der Waals surface area contributed by atoms with Crippen LogP contribution in [0, 0.1) is 6.92 Å². The van der Waals surface area contributed by atoms with E-state index < -0.39 is 11.4 Å². The summed E-state index contributed by atoms with van der Waals surface area (Å²) in [5.74, 6) is -0.740. The first kappa shape index (κ1) is 14.2. The van der Waals surface area contributed by atoms with Gasteiger partial charge in [-0.05, 0) is 32.3 Å². The van der Waals surface area contributed by atoms with E-state index in [1.54, 1.807) is 0 Å². The Hall–Kier alpha value is -0.830. The van der Waals surface area contributed by atoms with E-state index >= 15 is 0 Å². The summed E-state index contributed by atoms with van der Waals surface area (Å²) in [5, 5.41) is 10.4. The molecule has 1 unspecified atom stereocenters. The molecule has 0 aliphatic carbocycles. The predicted molar refractivity (Wildman–Crippen MR) is 73.8 cm³/mol. The van der Waals surface area contributed by atoms with Gasteiger partial charge in [0.1, 0.15) is 0 Å². The lowest BCUT2D eigenvalue weighted by molar-refractivity contribution is -0.143. The number of hydrogen-bond donors (Lipinski definition) is 1. The fourth-order valence-corrected chi connectivity index (χ4v) is 2.27. The lowest BCUT2D eigenvalue weighted by Crippen LogP contribution is -2.32. The van der Waals surface area contributed by atoms with Gasteiger partial charge in [-0.25, -0.2) is 0 Å². The Balaban J connectivity index is 2.90. The molecule has 0 spiro atoms. The van der Waals surface area contributed by atoms with Crippen LogP contribution in [0.1, 0.15) is 37.3 Å². The molecule has 17 heavy (non-hydrogen) atoms. The van der Waals surface area contributed by atoms with E-state index in [0.29, 0.717) is 6.42 Å². The highest BCUT2D eigenvalue weighted by atomic mass is 79.9. The minimum Gasteiger partial charge on any atom is -0.481 e. The number of benzene rings is 1. The number of carboxylic acid groups (broad SMARTS) is 1. The number of carboxylic acids is 1. The number of hydrogen-bond acceptors (Lipinski definition) is 1. The van der Waals surface area contributed by atoms with Crippen molar-refractivity contribution in [1.29, 1.82) is 0 Å². The third kappa shape index (κ3) is 3.56. The van der Waals surface area contributed by atoms with E-state index in [0.717, 1.165) is 29.3 Å². The molecule has 0 aliphatic rings. The van der Waals surface area contributed by atoms with Gasteiger partial charge in [0.05, 0.1) is 5.41 Å². The normalized spacial score (nSPS) is 14.3. The summed E-state index contributed by atoms with van der Waals surface area (Å²) in [4.78, 5) is 11.5. The lowest BCUT2D eigenvalue weighted by Gasteiger charge is -2.25. The van der Waals surface area contributed by atoms with Crippen LogP contribution in [0.3, 0.4) is 0 Å². The number of halogens is 1. The third-order valence-electron chi connectivity index (χ3n) is 3.22. The zero-order chi connectivity index (χ0) is 12.9. The second-order valence-corrected chi connectivity index (χ2v) is 5.44. The Morgan fingerprint density at radius 2 is 1.88 bits per heavy atom. The second kappa shape index (κ2) is 6.20. The SMILES string of the molecule is Cc1ccc(C(C)(CCCCBr)C(=O)O)cc1. The molecule has 1 N–H and O–H groups in total. The minimum absolute atomic E-state index is 0.678. The van der Waals surface area contributed by atoms with Crippen molar-refractivity contribution in [3.63, 3.8) is 0 Å². The molecule has 0 fully saturated rings. The van der Waals surface area contributed by atoms with Crippen LogP contribution in [0.25, 0.3) is 0 Å². The maximum atomic E-state index is 11.5. The molecule has 1 atom stereocenters. The minimum atomic E-state index is -0.768. The van der Waals surface area contributed by atoms with E-state index in [-0.39, 0.29) is 0 Å². The van der Waals surface area contributed by atoms with Crippen LogP contribution >= 0.6 is 15.9 Å². The summed E-state index contributed by atoms with van der Waals surface area (Å²) in [6, 6.07) is 7.80. The largest absolute Gasteiger partial charge is 0.481 e. The number of rotatable bonds is 6. The Kier molecular flexibility index (Phi) is 5.19. The number of carbonyl (C=O) groups is 1. The summed E-state index contributed by atoms with van der Waals surface area (Å²) in [6.45, 7) is 3.82. The Morgan fingerprint density at radius 3 is 2.35 bits per heavy atom. The molecule has 0 amide bonds. The van der Waals surface area contributed by atoms with E-state index in [2.05, 4.69) is 15.9 Å². The van der Waals surface area contributed by atoms with Gasteiger partial charge in [-0.3, -0.25) is 4.79 Å². The first-order valence-corrected chi connectivity index (χ1v) is 6.99. The van der Waals surface area contributed by atoms with Crippen LogP contribution in [0.2, 0.25) is 0 Å². The van der Waals surface area contributed by atoms with Crippen molar-refractivity contribution in [2.24, 2.45) is 0 Å². The molecular formula is C14H19BrO2. The average Bonchev–Trinajstić information content (AvgIpc) is 2.29. The van der Waals surface area contributed by atoms with Crippen molar-refractivity contribution < 1.29 is 9.90 Å². The van der Waals surface area contributed by atoms with Crippen LogP contribution in [-0.2, 0) is 10.2 Å². The van der Waals surface area contributed by atoms with Gasteiger partial charge in [0.2, 0.25) is 0 Å². The molecule has 1 aromatic carbocycles. The third-order valence-corrected chi connectivity index (χ3v) is 3.78. The molecule has 0 heterocycles. The molecular weight excluding hydrogens is 280 g/mol. The number of aryl methyl sites for hydroxylation is 1. The standard InChI is InChI=1S/C14H19BrO2/c1-11-5-7-12(8-6-11)14(2,13(16)17)9-3-4-10-15/h5-8H,3-4,9-10H2,1-2H3,(H,16,17). The highest BCUT2D eigenvalue weighted by molar-refractivity contribution is 9.09. The summed E-state index contributed by atoms with van der Waals surface area (Å²) in [7, 11) is 0. The monoisotopic (exact) mass is 298 g/mol. The zero-order valence-corrected chi connectivity index (χ0v) is 12.0. The Labute approximate surface area is 111 Å². The quantitative estimate of drug-likeness (QED) is 0.639. The summed E-state index contributed by atoms with van der Waals surface area (Å²) in [6.07, 6.45) is 2.60. The first-order chi connectivity index (χ1) is 8.00. The molecule has 2 nitrogen and oxygen atoms in total. The highest BCUT2D eigenvalue weighted by Gasteiger charge is 2.34. The Bertz CT molecular complexity index is 372. The van der Waals surface area contributed by atoms with Gasteiger partial charge < -0.3 is 5.11 Å². The first-order valence-electron chi connectivity index (χ1n) is 5.87. The van der Waals surface area contributed by atoms with E-state index in [4.69, 9.17) is 0 Å². The number of alkyl halides is 1. The van der Waals surface area contributed by atoms with Crippen LogP contribution in [0.4, 0.5) is 0 Å². The summed E-state index contributed by atoms with van der Waals surface area (Å²) in [5.41, 5.74) is 1.28. The molecule has 0 aromatic heterocycles. The van der Waals surface area contributed by atoms with Gasteiger partial charge >= 0.3 is 5.97 Å². The number of aliphatic carboxylic acids is 1. The maximum Gasteiger partial charge on any atom is 0.313 e. The van der Waals surface area contributed by atoms with Crippen LogP contribution in [0.15, 0.2) is 24.3 Å². The Morgan fingerprint density at radius 1 is 1.29 bits per heavy atom. The fourth-order valence-electron chi connectivity index (χ4n) is 1.87. The molecule has 1 aromatic rings. The molecule has 94 valence electrons. The summed E-state index contributed by atoms with van der Waals surface area (Å²) < 4.78 is 0. The molecule has 3 heteroatoms. The van der Waals surface area contributed by atoms with Gasteiger partial charge in [-0.2, -0.15) is 0 Å². The van der Waals surface area contributed by atoms with Gasteiger partial charge in [-0.1, -0.05) is 52.2 Å². The van der Waals surface area contributed by atoms with Crippen molar-refractivity contribution in [3.05, 3.63) is 35.4 Å². The summed E-state index contributed by atoms with van der Waals surface area (Å²) >= 11 is 3.37. The molecule has 0 saturated carbocycles. The van der Waals surface area contributed by atoms with Crippen LogP contribution in [0.5, 0.6) is 0 Å². The van der Waals surface area contributed by atoms with Crippen molar-refractivity contribution in [2.75, 3.05) is 5.33 Å². The maximum absolute atomic E-state index is 11.5. The lowest BCUT2D eigenvalue weighted by atomic mass is 9.78. The van der Waals surface area contributed by atoms with Gasteiger partial charge in [0, 0.05) is 5.33 Å².